The molecule has 1 saturated heterocycles. The summed E-state index contributed by atoms with van der Waals surface area (Å²) in [5.41, 5.74) is 1.40. The van der Waals surface area contributed by atoms with Gasteiger partial charge < -0.3 is 9.47 Å². The average molecular weight is 294 g/mol. The lowest BCUT2D eigenvalue weighted by Gasteiger charge is -2.55. The molecule has 3 nitrogen and oxygen atoms in total. The van der Waals surface area contributed by atoms with Gasteiger partial charge in [-0.3, -0.25) is 4.79 Å². The zero-order chi connectivity index (χ0) is 15.6. The maximum Gasteiger partial charge on any atom is 0.302 e. The van der Waals surface area contributed by atoms with Gasteiger partial charge in [0.2, 0.25) is 0 Å². The van der Waals surface area contributed by atoms with Gasteiger partial charge in [0.05, 0.1) is 19.3 Å². The van der Waals surface area contributed by atoms with Crippen LogP contribution in [0.3, 0.4) is 0 Å². The number of carbonyl (C=O) groups excluding carboxylic acids is 1. The van der Waals surface area contributed by atoms with Crippen LogP contribution < -0.4 is 0 Å². The Morgan fingerprint density at radius 1 is 1.48 bits per heavy atom. The summed E-state index contributed by atoms with van der Waals surface area (Å²) >= 11 is 0. The van der Waals surface area contributed by atoms with E-state index in [9.17, 15) is 4.79 Å². The minimum Gasteiger partial charge on any atom is -0.465 e. The van der Waals surface area contributed by atoms with E-state index in [0.29, 0.717) is 37.1 Å². The first-order valence-electron chi connectivity index (χ1n) is 8.35. The van der Waals surface area contributed by atoms with Gasteiger partial charge >= 0.3 is 5.97 Å². The van der Waals surface area contributed by atoms with Gasteiger partial charge in [0.15, 0.2) is 0 Å². The Kier molecular flexibility index (Phi) is 5.13. The molecule has 120 valence electrons. The number of ether oxygens (including phenoxy) is 2. The molecule has 1 heterocycles. The van der Waals surface area contributed by atoms with Crippen molar-refractivity contribution >= 4 is 5.97 Å². The molecule has 2 rings (SSSR count). The molecule has 21 heavy (non-hydrogen) atoms. The molecule has 1 aliphatic carbocycles. The first kappa shape index (κ1) is 16.5. The molecule has 0 saturated carbocycles. The molecule has 1 fully saturated rings. The number of rotatable bonds is 5. The van der Waals surface area contributed by atoms with Crippen molar-refractivity contribution in [3.05, 3.63) is 11.6 Å². The molecule has 3 heteroatoms. The van der Waals surface area contributed by atoms with Crippen LogP contribution in [0.15, 0.2) is 11.6 Å². The van der Waals surface area contributed by atoms with Gasteiger partial charge in [-0.25, -0.2) is 0 Å². The molecule has 0 unspecified atom stereocenters. The largest absolute Gasteiger partial charge is 0.465 e. The quantitative estimate of drug-likeness (QED) is 0.568. The van der Waals surface area contributed by atoms with E-state index < -0.39 is 0 Å². The highest BCUT2D eigenvalue weighted by Crippen LogP contribution is 2.53. The highest BCUT2D eigenvalue weighted by Gasteiger charge is 2.53. The lowest BCUT2D eigenvalue weighted by Crippen LogP contribution is -2.56. The average Bonchev–Trinajstić information content (AvgIpc) is 2.42. The maximum absolute atomic E-state index is 11.2. The fraction of sp³-hybridized carbons (Fsp3) is 0.833. The van der Waals surface area contributed by atoms with Gasteiger partial charge in [0, 0.05) is 18.3 Å². The fourth-order valence-corrected chi connectivity index (χ4v) is 4.29. The number of fused-ring (bicyclic) bond motifs is 2. The van der Waals surface area contributed by atoms with E-state index in [1.807, 2.05) is 0 Å². The lowest BCUT2D eigenvalue weighted by atomic mass is 9.56. The van der Waals surface area contributed by atoms with Crippen LogP contribution in [0.5, 0.6) is 0 Å². The second-order valence-electron chi connectivity index (χ2n) is 7.02. The molecule has 2 bridgehead atoms. The number of esters is 1. The predicted molar refractivity (Wildman–Crippen MR) is 83.9 cm³/mol. The molecule has 0 amide bonds. The Labute approximate surface area is 129 Å². The fourth-order valence-electron chi connectivity index (χ4n) is 4.29. The summed E-state index contributed by atoms with van der Waals surface area (Å²) in [6, 6.07) is 0. The van der Waals surface area contributed by atoms with Crippen molar-refractivity contribution in [1.82, 2.24) is 0 Å². The number of hydrogen-bond acceptors (Lipinski definition) is 3. The Morgan fingerprint density at radius 3 is 2.81 bits per heavy atom. The molecule has 0 aromatic carbocycles. The van der Waals surface area contributed by atoms with Crippen LogP contribution in [0.4, 0.5) is 0 Å². The van der Waals surface area contributed by atoms with Crippen LogP contribution in [0.1, 0.15) is 53.9 Å². The topological polar surface area (TPSA) is 35.5 Å². The van der Waals surface area contributed by atoms with Gasteiger partial charge in [-0.15, -0.1) is 0 Å². The third-order valence-electron chi connectivity index (χ3n) is 5.74. The summed E-state index contributed by atoms with van der Waals surface area (Å²) < 4.78 is 11.7. The number of allylic oxidation sites excluding steroid dienone is 1. The van der Waals surface area contributed by atoms with E-state index in [2.05, 4.69) is 33.8 Å². The minimum atomic E-state index is -0.195. The normalized spacial score (nSPS) is 38.8. The van der Waals surface area contributed by atoms with Crippen molar-refractivity contribution < 1.29 is 14.3 Å². The summed E-state index contributed by atoms with van der Waals surface area (Å²) in [5.74, 6) is 1.15. The molecule has 1 aliphatic heterocycles. The minimum absolute atomic E-state index is 0.0570. The Hall–Kier alpha value is -0.830. The van der Waals surface area contributed by atoms with Gasteiger partial charge in [0.1, 0.15) is 0 Å². The SMILES string of the molecule is CCCC[C@@H]1OC[C@@]2(COC(C)=O)[C@H](C)[C@H]1C(C)=C[C@@H]2C. The van der Waals surface area contributed by atoms with Crippen LogP contribution in [0, 0.1) is 23.2 Å². The van der Waals surface area contributed by atoms with E-state index in [-0.39, 0.29) is 11.4 Å². The van der Waals surface area contributed by atoms with Crippen LogP contribution in [-0.2, 0) is 14.3 Å². The van der Waals surface area contributed by atoms with Crippen molar-refractivity contribution in [2.24, 2.45) is 23.2 Å². The van der Waals surface area contributed by atoms with E-state index in [1.165, 1.54) is 25.3 Å². The monoisotopic (exact) mass is 294 g/mol. The molecular formula is C18H30O3. The smallest absolute Gasteiger partial charge is 0.302 e. The maximum atomic E-state index is 11.2. The molecule has 5 atom stereocenters. The zero-order valence-corrected chi connectivity index (χ0v) is 14.1. The summed E-state index contributed by atoms with van der Waals surface area (Å²) in [6.07, 6.45) is 6.27. The highest BCUT2D eigenvalue weighted by molar-refractivity contribution is 5.65. The predicted octanol–water partition coefficient (Wildman–Crippen LogP) is 3.97. The summed E-state index contributed by atoms with van der Waals surface area (Å²) in [5, 5.41) is 0. The van der Waals surface area contributed by atoms with Gasteiger partial charge in [-0.2, -0.15) is 0 Å². The second-order valence-corrected chi connectivity index (χ2v) is 7.02. The molecule has 0 aromatic rings. The molecule has 0 spiro atoms. The third-order valence-corrected chi connectivity index (χ3v) is 5.74. The summed E-state index contributed by atoms with van der Waals surface area (Å²) in [6.45, 7) is 11.7. The van der Waals surface area contributed by atoms with Gasteiger partial charge in [0.25, 0.3) is 0 Å². The van der Waals surface area contributed by atoms with Crippen LogP contribution in [-0.4, -0.2) is 25.3 Å². The van der Waals surface area contributed by atoms with E-state index in [0.717, 1.165) is 6.42 Å². The molecule has 0 N–H and O–H groups in total. The number of carbonyl (C=O) groups is 1. The van der Waals surface area contributed by atoms with E-state index in [4.69, 9.17) is 9.47 Å². The summed E-state index contributed by atoms with van der Waals surface area (Å²) in [7, 11) is 0. The van der Waals surface area contributed by atoms with Crippen LogP contribution >= 0.6 is 0 Å². The van der Waals surface area contributed by atoms with Gasteiger partial charge in [-0.1, -0.05) is 45.3 Å². The molecule has 2 aliphatic rings. The van der Waals surface area contributed by atoms with Crippen molar-refractivity contribution in [2.75, 3.05) is 13.2 Å². The zero-order valence-electron chi connectivity index (χ0n) is 14.1. The first-order valence-corrected chi connectivity index (χ1v) is 8.35. The Bertz CT molecular complexity index is 415. The van der Waals surface area contributed by atoms with E-state index >= 15 is 0 Å². The molecule has 0 aromatic heterocycles. The number of hydrogen-bond donors (Lipinski definition) is 0. The molecular weight excluding hydrogens is 264 g/mol. The van der Waals surface area contributed by atoms with E-state index in [1.54, 1.807) is 0 Å². The van der Waals surface area contributed by atoms with Crippen LogP contribution in [0.2, 0.25) is 0 Å². The Morgan fingerprint density at radius 2 is 2.19 bits per heavy atom. The van der Waals surface area contributed by atoms with Crippen molar-refractivity contribution in [3.8, 4) is 0 Å². The first-order chi connectivity index (χ1) is 9.92. The third kappa shape index (κ3) is 3.03. The van der Waals surface area contributed by atoms with Crippen molar-refractivity contribution in [3.63, 3.8) is 0 Å². The van der Waals surface area contributed by atoms with Crippen molar-refractivity contribution in [1.29, 1.82) is 0 Å². The van der Waals surface area contributed by atoms with Crippen LogP contribution in [0.25, 0.3) is 0 Å². The lowest BCUT2D eigenvalue weighted by molar-refractivity contribution is -0.180. The Balaban J connectivity index is 2.23. The second kappa shape index (κ2) is 6.51. The number of unbranched alkanes of at least 4 members (excludes halogenated alkanes) is 1. The molecule has 0 radical (unpaired) electrons. The van der Waals surface area contributed by atoms with Gasteiger partial charge in [-0.05, 0) is 25.2 Å². The highest BCUT2D eigenvalue weighted by atomic mass is 16.5. The standard InChI is InChI=1S/C18H30O3/c1-6-7-8-16-17-12(2)9-13(3)18(11-21-16,14(17)4)10-20-15(5)19/h9,13-14,16-17H,6-8,10-11H2,1-5H3/t13-,14+,16-,17+,18+/m0/s1. The summed E-state index contributed by atoms with van der Waals surface area (Å²) in [4.78, 5) is 11.2. The van der Waals surface area contributed by atoms with Crippen molar-refractivity contribution in [2.45, 2.75) is 60.0 Å².